The Bertz CT molecular complexity index is 783. The number of hydrazone groups is 1. The highest BCUT2D eigenvalue weighted by Gasteiger charge is 2.12. The Morgan fingerprint density at radius 2 is 1.76 bits per heavy atom. The third-order valence-corrected chi connectivity index (χ3v) is 3.63. The molecular weight excluding hydrogens is 348 g/mol. The average molecular weight is 365 g/mol. The molecule has 0 spiro atoms. The van der Waals surface area contributed by atoms with Crippen molar-refractivity contribution >= 4 is 29.5 Å². The molecule has 0 heterocycles. The van der Waals surface area contributed by atoms with E-state index in [4.69, 9.17) is 30.9 Å². The second-order valence-corrected chi connectivity index (χ2v) is 5.24. The molecule has 0 atom stereocenters. The summed E-state index contributed by atoms with van der Waals surface area (Å²) in [6.45, 7) is 0. The van der Waals surface area contributed by atoms with Crippen LogP contribution in [0.2, 0.25) is 5.02 Å². The first-order valence-corrected chi connectivity index (χ1v) is 7.50. The van der Waals surface area contributed by atoms with Gasteiger partial charge in [0.15, 0.2) is 11.5 Å². The molecule has 7 nitrogen and oxygen atoms in total. The number of methoxy groups -OCH3 is 3. The molecule has 2 aromatic carbocycles. The highest BCUT2D eigenvalue weighted by molar-refractivity contribution is 6.33. The van der Waals surface area contributed by atoms with E-state index in [-0.39, 0.29) is 5.56 Å². The summed E-state index contributed by atoms with van der Waals surface area (Å²) in [5, 5.41) is 13.4. The number of nitrogens with zero attached hydrogens (tertiary/aromatic N) is 1. The highest BCUT2D eigenvalue weighted by atomic mass is 35.5. The van der Waals surface area contributed by atoms with Gasteiger partial charge in [0, 0.05) is 5.56 Å². The fraction of sp³-hybridized carbons (Fsp3) is 0.176. The van der Waals surface area contributed by atoms with Gasteiger partial charge >= 0.3 is 5.97 Å². The number of carbonyl (C=O) groups is 1. The number of ether oxygens (including phenoxy) is 3. The fourth-order valence-electron chi connectivity index (χ4n) is 2.10. The summed E-state index contributed by atoms with van der Waals surface area (Å²) in [6.07, 6.45) is 1.52. The van der Waals surface area contributed by atoms with E-state index in [1.54, 1.807) is 12.1 Å². The third-order valence-electron chi connectivity index (χ3n) is 3.30. The van der Waals surface area contributed by atoms with E-state index >= 15 is 0 Å². The van der Waals surface area contributed by atoms with Crippen molar-refractivity contribution in [2.45, 2.75) is 0 Å². The first-order valence-electron chi connectivity index (χ1n) is 7.12. The summed E-state index contributed by atoms with van der Waals surface area (Å²) in [7, 11) is 4.56. The zero-order valence-electron chi connectivity index (χ0n) is 13.9. The maximum Gasteiger partial charge on any atom is 0.335 e. The molecule has 0 saturated carbocycles. The molecular formula is C17H17ClN2O5. The van der Waals surface area contributed by atoms with E-state index in [2.05, 4.69) is 10.5 Å². The van der Waals surface area contributed by atoms with Crippen LogP contribution in [0.4, 0.5) is 5.69 Å². The molecule has 0 saturated heterocycles. The van der Waals surface area contributed by atoms with Gasteiger partial charge in [-0.15, -0.1) is 0 Å². The molecule has 0 aliphatic heterocycles. The Kier molecular flexibility index (Phi) is 6.08. The second-order valence-electron chi connectivity index (χ2n) is 4.83. The van der Waals surface area contributed by atoms with Gasteiger partial charge in [-0.1, -0.05) is 11.6 Å². The molecule has 0 fully saturated rings. The molecule has 0 bridgehead atoms. The van der Waals surface area contributed by atoms with Crippen molar-refractivity contribution in [3.63, 3.8) is 0 Å². The topological polar surface area (TPSA) is 89.4 Å². The predicted molar refractivity (Wildman–Crippen MR) is 95.7 cm³/mol. The zero-order chi connectivity index (χ0) is 18.4. The van der Waals surface area contributed by atoms with E-state index < -0.39 is 5.97 Å². The Balaban J connectivity index is 2.25. The molecule has 0 aliphatic carbocycles. The largest absolute Gasteiger partial charge is 0.493 e. The molecule has 0 amide bonds. The van der Waals surface area contributed by atoms with Crippen molar-refractivity contribution < 1.29 is 24.1 Å². The standard InChI is InChI=1S/C17H17ClN2O5/c1-23-14-6-10(7-15(24-2)16(14)25-3)9-19-20-13-8-11(17(21)22)4-5-12(13)18/h4-9,20H,1-3H3,(H,21,22)/b19-9-. The van der Waals surface area contributed by atoms with Gasteiger partial charge in [-0.25, -0.2) is 4.79 Å². The van der Waals surface area contributed by atoms with E-state index in [1.165, 1.54) is 45.7 Å². The first-order chi connectivity index (χ1) is 12.0. The molecule has 0 unspecified atom stereocenters. The van der Waals surface area contributed by atoms with Crippen LogP contribution in [0.1, 0.15) is 15.9 Å². The smallest absolute Gasteiger partial charge is 0.335 e. The number of halogens is 1. The van der Waals surface area contributed by atoms with E-state index in [0.29, 0.717) is 33.5 Å². The van der Waals surface area contributed by atoms with Crippen LogP contribution in [-0.2, 0) is 0 Å². The van der Waals surface area contributed by atoms with Crippen LogP contribution >= 0.6 is 11.6 Å². The lowest BCUT2D eigenvalue weighted by Crippen LogP contribution is -1.99. The van der Waals surface area contributed by atoms with Gasteiger partial charge in [-0.2, -0.15) is 5.10 Å². The van der Waals surface area contributed by atoms with Gasteiger partial charge in [0.25, 0.3) is 0 Å². The lowest BCUT2D eigenvalue weighted by Gasteiger charge is -2.12. The summed E-state index contributed by atoms with van der Waals surface area (Å²) in [6, 6.07) is 7.75. The van der Waals surface area contributed by atoms with E-state index in [9.17, 15) is 4.79 Å². The van der Waals surface area contributed by atoms with Crippen molar-refractivity contribution in [1.82, 2.24) is 0 Å². The molecule has 0 aromatic heterocycles. The summed E-state index contributed by atoms with van der Waals surface area (Å²) < 4.78 is 15.8. The van der Waals surface area contributed by atoms with E-state index in [1.807, 2.05) is 0 Å². The molecule has 25 heavy (non-hydrogen) atoms. The van der Waals surface area contributed by atoms with Gasteiger partial charge in [-0.05, 0) is 30.3 Å². The zero-order valence-corrected chi connectivity index (χ0v) is 14.6. The van der Waals surface area contributed by atoms with Crippen molar-refractivity contribution in [2.24, 2.45) is 5.10 Å². The van der Waals surface area contributed by atoms with Crippen molar-refractivity contribution in [3.05, 3.63) is 46.5 Å². The monoisotopic (exact) mass is 364 g/mol. The van der Waals surface area contributed by atoms with Gasteiger partial charge in [0.1, 0.15) is 0 Å². The SMILES string of the molecule is COc1cc(/C=N\Nc2cc(C(=O)O)ccc2Cl)cc(OC)c1OC. The minimum Gasteiger partial charge on any atom is -0.493 e. The molecule has 2 aromatic rings. The van der Waals surface area contributed by atoms with Crippen LogP contribution < -0.4 is 19.6 Å². The van der Waals surface area contributed by atoms with Crippen LogP contribution in [0.5, 0.6) is 17.2 Å². The summed E-state index contributed by atoms with van der Waals surface area (Å²) in [5.41, 5.74) is 3.90. The van der Waals surface area contributed by atoms with Crippen molar-refractivity contribution in [1.29, 1.82) is 0 Å². The van der Waals surface area contributed by atoms with Crippen LogP contribution in [0, 0.1) is 0 Å². The predicted octanol–water partition coefficient (Wildman–Crippen LogP) is 3.51. The lowest BCUT2D eigenvalue weighted by atomic mass is 10.2. The van der Waals surface area contributed by atoms with Gasteiger partial charge in [0.2, 0.25) is 5.75 Å². The van der Waals surface area contributed by atoms with E-state index in [0.717, 1.165) is 0 Å². The van der Waals surface area contributed by atoms with Crippen molar-refractivity contribution in [2.75, 3.05) is 26.8 Å². The normalized spacial score (nSPS) is 10.6. The van der Waals surface area contributed by atoms with Crippen LogP contribution in [0.25, 0.3) is 0 Å². The van der Waals surface area contributed by atoms with Gasteiger partial charge in [-0.3, -0.25) is 5.43 Å². The van der Waals surface area contributed by atoms with Gasteiger partial charge < -0.3 is 19.3 Å². The Morgan fingerprint density at radius 1 is 1.12 bits per heavy atom. The average Bonchev–Trinajstić information content (AvgIpc) is 2.62. The third kappa shape index (κ3) is 4.33. The highest BCUT2D eigenvalue weighted by Crippen LogP contribution is 2.37. The summed E-state index contributed by atoms with van der Waals surface area (Å²) >= 11 is 6.03. The Hall–Kier alpha value is -2.93. The number of anilines is 1. The molecule has 132 valence electrons. The first kappa shape index (κ1) is 18.4. The number of hydrogen-bond donors (Lipinski definition) is 2. The van der Waals surface area contributed by atoms with Crippen molar-refractivity contribution in [3.8, 4) is 17.2 Å². The number of benzene rings is 2. The second kappa shape index (κ2) is 8.25. The number of rotatable bonds is 7. The Labute approximate surface area is 149 Å². The molecule has 2 rings (SSSR count). The number of aromatic carboxylic acids is 1. The molecule has 8 heteroatoms. The maximum atomic E-state index is 11.0. The van der Waals surface area contributed by atoms with Gasteiger partial charge in [0.05, 0.1) is 43.8 Å². The number of nitrogens with one attached hydrogen (secondary N) is 1. The van der Waals surface area contributed by atoms with Crippen LogP contribution in [-0.4, -0.2) is 38.6 Å². The maximum absolute atomic E-state index is 11.0. The van der Waals surface area contributed by atoms with Crippen LogP contribution in [0.3, 0.4) is 0 Å². The fourth-order valence-corrected chi connectivity index (χ4v) is 2.26. The molecule has 0 aliphatic rings. The molecule has 2 N–H and O–H groups in total. The number of hydrogen-bond acceptors (Lipinski definition) is 6. The summed E-state index contributed by atoms with van der Waals surface area (Å²) in [4.78, 5) is 11.0. The minimum absolute atomic E-state index is 0.106. The molecule has 0 radical (unpaired) electrons. The van der Waals surface area contributed by atoms with Crippen LogP contribution in [0.15, 0.2) is 35.4 Å². The summed E-state index contributed by atoms with van der Waals surface area (Å²) in [5.74, 6) is 0.420. The lowest BCUT2D eigenvalue weighted by molar-refractivity contribution is 0.0697. The number of carboxylic acid groups (broad SMARTS) is 1. The Morgan fingerprint density at radius 3 is 2.28 bits per heavy atom. The minimum atomic E-state index is -1.05. The quantitative estimate of drug-likeness (QED) is 0.577. The number of carboxylic acids is 1.